The Bertz CT molecular complexity index is 1100. The first-order valence-corrected chi connectivity index (χ1v) is 11.4. The zero-order valence-corrected chi connectivity index (χ0v) is 18.2. The zero-order valence-electron chi connectivity index (χ0n) is 16.7. The van der Waals surface area contributed by atoms with Crippen molar-refractivity contribution in [3.63, 3.8) is 0 Å². The van der Waals surface area contributed by atoms with Crippen molar-refractivity contribution in [3.8, 4) is 0 Å². The fourth-order valence-corrected chi connectivity index (χ4v) is 5.05. The SMILES string of the molecule is O=C(Nc1cc(C(F)(F)F)cc(C(F)(F)F)c1)C1CCCN(S(=O)(=O)c2ccc(Cl)cc2)C1. The lowest BCUT2D eigenvalue weighted by Crippen LogP contribution is -2.43. The van der Waals surface area contributed by atoms with Crippen LogP contribution in [0.3, 0.4) is 0 Å². The third kappa shape index (κ3) is 5.98. The molecule has 2 aromatic rings. The van der Waals surface area contributed by atoms with Crippen molar-refractivity contribution in [1.29, 1.82) is 0 Å². The Morgan fingerprint density at radius 1 is 0.970 bits per heavy atom. The second-order valence-electron chi connectivity index (χ2n) is 7.44. The molecule has 33 heavy (non-hydrogen) atoms. The van der Waals surface area contributed by atoms with E-state index in [9.17, 15) is 39.6 Å². The number of nitrogens with one attached hydrogen (secondary N) is 1. The lowest BCUT2D eigenvalue weighted by atomic mass is 9.98. The number of nitrogens with zero attached hydrogens (tertiary/aromatic N) is 1. The zero-order chi connectivity index (χ0) is 24.6. The molecule has 0 bridgehead atoms. The molecule has 1 aliphatic heterocycles. The van der Waals surface area contributed by atoms with Gasteiger partial charge in [0.2, 0.25) is 15.9 Å². The fourth-order valence-electron chi connectivity index (χ4n) is 3.40. The van der Waals surface area contributed by atoms with E-state index >= 15 is 0 Å². The molecule has 0 aromatic heterocycles. The normalized spacial score (nSPS) is 18.2. The summed E-state index contributed by atoms with van der Waals surface area (Å²) in [7, 11) is -3.97. The number of sulfonamides is 1. The molecule has 1 fully saturated rings. The van der Waals surface area contributed by atoms with Crippen LogP contribution in [0.5, 0.6) is 0 Å². The van der Waals surface area contributed by atoms with Crippen LogP contribution in [0.2, 0.25) is 5.02 Å². The van der Waals surface area contributed by atoms with Gasteiger partial charge in [0.05, 0.1) is 21.9 Å². The van der Waals surface area contributed by atoms with Gasteiger partial charge in [0.1, 0.15) is 0 Å². The minimum absolute atomic E-state index is 0.0450. The van der Waals surface area contributed by atoms with Gasteiger partial charge in [0.15, 0.2) is 0 Å². The summed E-state index contributed by atoms with van der Waals surface area (Å²) in [4.78, 5) is 12.6. The average Bonchev–Trinajstić information content (AvgIpc) is 2.72. The minimum Gasteiger partial charge on any atom is -0.326 e. The van der Waals surface area contributed by atoms with Crippen molar-refractivity contribution in [2.24, 2.45) is 5.92 Å². The van der Waals surface area contributed by atoms with E-state index in [2.05, 4.69) is 5.32 Å². The van der Waals surface area contributed by atoms with Crippen LogP contribution in [0, 0.1) is 5.92 Å². The molecule has 180 valence electrons. The number of alkyl halides is 6. The van der Waals surface area contributed by atoms with Crippen LogP contribution in [0.4, 0.5) is 32.0 Å². The van der Waals surface area contributed by atoms with Crippen LogP contribution >= 0.6 is 11.6 Å². The van der Waals surface area contributed by atoms with Gasteiger partial charge in [-0.3, -0.25) is 4.79 Å². The summed E-state index contributed by atoms with van der Waals surface area (Å²) in [5.74, 6) is -1.84. The molecule has 1 aliphatic rings. The molecule has 0 spiro atoms. The van der Waals surface area contributed by atoms with Gasteiger partial charge in [0.25, 0.3) is 0 Å². The highest BCUT2D eigenvalue weighted by Crippen LogP contribution is 2.38. The maximum Gasteiger partial charge on any atom is 0.416 e. The molecule has 1 saturated heterocycles. The number of amides is 1. The predicted molar refractivity (Wildman–Crippen MR) is 108 cm³/mol. The molecule has 13 heteroatoms. The van der Waals surface area contributed by atoms with Crippen LogP contribution in [-0.2, 0) is 27.2 Å². The van der Waals surface area contributed by atoms with E-state index in [4.69, 9.17) is 11.6 Å². The number of hydrogen-bond donors (Lipinski definition) is 1. The first-order valence-electron chi connectivity index (χ1n) is 9.54. The topological polar surface area (TPSA) is 66.5 Å². The van der Waals surface area contributed by atoms with E-state index in [0.29, 0.717) is 17.2 Å². The third-order valence-corrected chi connectivity index (χ3v) is 7.19. The van der Waals surface area contributed by atoms with Crippen LogP contribution in [0.1, 0.15) is 24.0 Å². The summed E-state index contributed by atoms with van der Waals surface area (Å²) >= 11 is 5.77. The Hall–Kier alpha value is -2.31. The predicted octanol–water partition coefficient (Wildman–Crippen LogP) is 5.42. The molecule has 1 atom stereocenters. The number of anilines is 1. The van der Waals surface area contributed by atoms with Gasteiger partial charge in [-0.15, -0.1) is 0 Å². The molecule has 2 aromatic carbocycles. The summed E-state index contributed by atoms with van der Waals surface area (Å²) in [6.07, 6.45) is -9.63. The standard InChI is InChI=1S/C20H17ClF6N2O3S/c21-15-3-5-17(6-4-15)33(31,32)29-7-1-2-12(11-29)18(30)28-16-9-13(19(22,23)24)8-14(10-16)20(25,26)27/h3-6,8-10,12H,1-2,7,11H2,(H,28,30). The van der Waals surface area contributed by atoms with Crippen LogP contribution in [0.15, 0.2) is 47.4 Å². The average molecular weight is 515 g/mol. The molecule has 1 N–H and O–H groups in total. The van der Waals surface area contributed by atoms with E-state index < -0.39 is 51.0 Å². The first-order chi connectivity index (χ1) is 15.2. The Labute approximate surface area is 190 Å². The molecule has 0 saturated carbocycles. The Balaban J connectivity index is 1.81. The smallest absolute Gasteiger partial charge is 0.326 e. The fraction of sp³-hybridized carbons (Fsp3) is 0.350. The molecule has 3 rings (SSSR count). The van der Waals surface area contributed by atoms with Crippen molar-refractivity contribution in [2.75, 3.05) is 18.4 Å². The number of benzene rings is 2. The van der Waals surface area contributed by atoms with Gasteiger partial charge in [-0.05, 0) is 55.3 Å². The van der Waals surface area contributed by atoms with Crippen molar-refractivity contribution in [2.45, 2.75) is 30.1 Å². The third-order valence-electron chi connectivity index (χ3n) is 5.06. The van der Waals surface area contributed by atoms with E-state index in [0.717, 1.165) is 4.31 Å². The Kier molecular flexibility index (Phi) is 7.02. The quantitative estimate of drug-likeness (QED) is 0.554. The van der Waals surface area contributed by atoms with Gasteiger partial charge in [-0.2, -0.15) is 30.6 Å². The minimum atomic E-state index is -5.06. The molecule has 1 unspecified atom stereocenters. The van der Waals surface area contributed by atoms with Gasteiger partial charge >= 0.3 is 12.4 Å². The van der Waals surface area contributed by atoms with E-state index in [-0.39, 0.29) is 36.9 Å². The molecule has 1 heterocycles. The van der Waals surface area contributed by atoms with Crippen molar-refractivity contribution < 1.29 is 39.6 Å². The lowest BCUT2D eigenvalue weighted by Gasteiger charge is -2.31. The summed E-state index contributed by atoms with van der Waals surface area (Å²) in [5, 5.41) is 2.40. The van der Waals surface area contributed by atoms with Crippen LogP contribution in [0.25, 0.3) is 0 Å². The summed E-state index contributed by atoms with van der Waals surface area (Å²) in [6.45, 7) is -0.168. The summed E-state index contributed by atoms with van der Waals surface area (Å²) in [6, 6.07) is 6.11. The highest BCUT2D eigenvalue weighted by atomic mass is 35.5. The second kappa shape index (κ2) is 9.15. The Morgan fingerprint density at radius 2 is 1.52 bits per heavy atom. The highest BCUT2D eigenvalue weighted by Gasteiger charge is 2.38. The molecule has 1 amide bonds. The number of halogens is 7. The van der Waals surface area contributed by atoms with E-state index in [1.54, 1.807) is 0 Å². The number of carbonyl (C=O) groups excluding carboxylic acids is 1. The maximum absolute atomic E-state index is 13.0. The maximum atomic E-state index is 13.0. The number of piperidine rings is 1. The van der Waals surface area contributed by atoms with Gasteiger partial charge in [0, 0.05) is 23.8 Å². The van der Waals surface area contributed by atoms with E-state index in [1.165, 1.54) is 24.3 Å². The van der Waals surface area contributed by atoms with Gasteiger partial charge in [-0.1, -0.05) is 11.6 Å². The monoisotopic (exact) mass is 514 g/mol. The largest absolute Gasteiger partial charge is 0.416 e. The van der Waals surface area contributed by atoms with Gasteiger partial charge in [-0.25, -0.2) is 8.42 Å². The lowest BCUT2D eigenvalue weighted by molar-refractivity contribution is -0.143. The van der Waals surface area contributed by atoms with Crippen molar-refractivity contribution in [1.82, 2.24) is 4.31 Å². The number of hydrogen-bond acceptors (Lipinski definition) is 3. The Morgan fingerprint density at radius 3 is 2.03 bits per heavy atom. The summed E-state index contributed by atoms with van der Waals surface area (Å²) < 4.78 is 105. The van der Waals surface area contributed by atoms with E-state index in [1.807, 2.05) is 0 Å². The first kappa shape index (κ1) is 25.3. The summed E-state index contributed by atoms with van der Waals surface area (Å²) in [5.41, 5.74) is -3.81. The number of carbonyl (C=O) groups is 1. The van der Waals surface area contributed by atoms with Crippen molar-refractivity contribution >= 4 is 33.2 Å². The number of rotatable bonds is 4. The molecule has 0 radical (unpaired) electrons. The second-order valence-corrected chi connectivity index (χ2v) is 9.81. The molecule has 5 nitrogen and oxygen atoms in total. The molecular formula is C20H17ClF6N2O3S. The van der Waals surface area contributed by atoms with Crippen LogP contribution in [-0.4, -0.2) is 31.7 Å². The molecular weight excluding hydrogens is 498 g/mol. The molecule has 0 aliphatic carbocycles. The van der Waals surface area contributed by atoms with Crippen molar-refractivity contribution in [3.05, 3.63) is 58.6 Å². The van der Waals surface area contributed by atoms with Crippen LogP contribution < -0.4 is 5.32 Å². The highest BCUT2D eigenvalue weighted by molar-refractivity contribution is 7.89. The van der Waals surface area contributed by atoms with Gasteiger partial charge < -0.3 is 5.32 Å².